The highest BCUT2D eigenvalue weighted by Crippen LogP contribution is 2.31. The number of carbonyl (C=O) groups excluding carboxylic acids is 3. The normalized spacial score (nSPS) is 19.7. The Bertz CT molecular complexity index is 1130. The van der Waals surface area contributed by atoms with Gasteiger partial charge in [-0.25, -0.2) is 4.39 Å². The minimum atomic E-state index is -0.558. The van der Waals surface area contributed by atoms with Crippen LogP contribution in [0, 0.1) is 5.82 Å². The minimum absolute atomic E-state index is 0.00315. The first-order valence-corrected chi connectivity index (χ1v) is 12.2. The number of para-hydroxylation sites is 1. The van der Waals surface area contributed by atoms with Crippen molar-refractivity contribution in [2.75, 3.05) is 40.4 Å². The van der Waals surface area contributed by atoms with Gasteiger partial charge in [-0.1, -0.05) is 18.2 Å². The molecule has 192 valence electrons. The van der Waals surface area contributed by atoms with Crippen LogP contribution in [0.4, 0.5) is 4.39 Å². The van der Waals surface area contributed by atoms with Crippen LogP contribution in [-0.4, -0.2) is 73.5 Å². The Morgan fingerprint density at radius 3 is 2.36 bits per heavy atom. The third-order valence-electron chi connectivity index (χ3n) is 7.07. The molecule has 0 aliphatic carbocycles. The SMILES string of the molecule is COc1cc(CC2(CCC(=O)N3CCN(C(=O)c4ccccc4OC)CC3)CCC(=O)N2)ccc1F. The van der Waals surface area contributed by atoms with Crippen LogP contribution in [0.15, 0.2) is 42.5 Å². The monoisotopic (exact) mass is 497 g/mol. The van der Waals surface area contributed by atoms with Gasteiger partial charge < -0.3 is 24.6 Å². The van der Waals surface area contributed by atoms with E-state index in [4.69, 9.17) is 9.47 Å². The predicted molar refractivity (Wildman–Crippen MR) is 131 cm³/mol. The minimum Gasteiger partial charge on any atom is -0.496 e. The zero-order chi connectivity index (χ0) is 25.7. The molecule has 1 atom stereocenters. The molecule has 2 aromatic rings. The summed E-state index contributed by atoms with van der Waals surface area (Å²) in [6.07, 6.45) is 2.26. The van der Waals surface area contributed by atoms with Crippen molar-refractivity contribution in [2.24, 2.45) is 0 Å². The number of hydrogen-bond donors (Lipinski definition) is 1. The fourth-order valence-corrected chi connectivity index (χ4v) is 5.04. The highest BCUT2D eigenvalue weighted by molar-refractivity contribution is 5.97. The van der Waals surface area contributed by atoms with Gasteiger partial charge in [0.15, 0.2) is 11.6 Å². The molecule has 0 radical (unpaired) electrons. The zero-order valence-corrected chi connectivity index (χ0v) is 20.7. The molecule has 8 nitrogen and oxygen atoms in total. The van der Waals surface area contributed by atoms with Gasteiger partial charge in [0.2, 0.25) is 11.8 Å². The first-order valence-electron chi connectivity index (χ1n) is 12.2. The van der Waals surface area contributed by atoms with Crippen molar-refractivity contribution in [3.8, 4) is 11.5 Å². The lowest BCUT2D eigenvalue weighted by Crippen LogP contribution is -2.51. The van der Waals surface area contributed by atoms with Crippen LogP contribution in [0.25, 0.3) is 0 Å². The van der Waals surface area contributed by atoms with Crippen LogP contribution in [0.3, 0.4) is 0 Å². The van der Waals surface area contributed by atoms with Crippen LogP contribution < -0.4 is 14.8 Å². The molecule has 2 fully saturated rings. The molecule has 9 heteroatoms. The molecule has 1 N–H and O–H groups in total. The van der Waals surface area contributed by atoms with Gasteiger partial charge in [-0.2, -0.15) is 0 Å². The molecule has 3 amide bonds. The van der Waals surface area contributed by atoms with Gasteiger partial charge in [-0.15, -0.1) is 0 Å². The van der Waals surface area contributed by atoms with E-state index in [0.717, 1.165) is 5.56 Å². The molecule has 2 saturated heterocycles. The van der Waals surface area contributed by atoms with E-state index in [1.807, 2.05) is 6.07 Å². The van der Waals surface area contributed by atoms with Gasteiger partial charge in [0.05, 0.1) is 19.8 Å². The number of benzene rings is 2. The molecule has 0 spiro atoms. The van der Waals surface area contributed by atoms with Crippen molar-refractivity contribution < 1.29 is 28.2 Å². The van der Waals surface area contributed by atoms with E-state index in [1.165, 1.54) is 20.3 Å². The number of methoxy groups -OCH3 is 2. The van der Waals surface area contributed by atoms with Crippen LogP contribution in [0.5, 0.6) is 11.5 Å². The van der Waals surface area contributed by atoms with E-state index in [9.17, 15) is 18.8 Å². The van der Waals surface area contributed by atoms with Crippen molar-refractivity contribution in [3.05, 3.63) is 59.4 Å². The lowest BCUT2D eigenvalue weighted by Gasteiger charge is -2.36. The predicted octanol–water partition coefficient (Wildman–Crippen LogP) is 2.80. The summed E-state index contributed by atoms with van der Waals surface area (Å²) in [5.41, 5.74) is 0.791. The molecule has 0 saturated carbocycles. The van der Waals surface area contributed by atoms with Crippen molar-refractivity contribution >= 4 is 17.7 Å². The Hall–Kier alpha value is -3.62. The summed E-state index contributed by atoms with van der Waals surface area (Å²) in [4.78, 5) is 41.6. The maximum absolute atomic E-state index is 13.8. The lowest BCUT2D eigenvalue weighted by molar-refractivity contribution is -0.133. The number of piperazine rings is 1. The molecule has 4 rings (SSSR count). The van der Waals surface area contributed by atoms with E-state index in [-0.39, 0.29) is 29.9 Å². The van der Waals surface area contributed by atoms with Gasteiger partial charge in [0.25, 0.3) is 5.91 Å². The molecular weight excluding hydrogens is 465 g/mol. The summed E-state index contributed by atoms with van der Waals surface area (Å²) in [5.74, 6) is 0.0926. The number of nitrogens with one attached hydrogen (secondary N) is 1. The first kappa shape index (κ1) is 25.5. The third-order valence-corrected chi connectivity index (χ3v) is 7.07. The molecule has 2 aromatic carbocycles. The Morgan fingerprint density at radius 2 is 1.69 bits per heavy atom. The van der Waals surface area contributed by atoms with Crippen LogP contribution in [0.1, 0.15) is 41.6 Å². The summed E-state index contributed by atoms with van der Waals surface area (Å²) < 4.78 is 24.2. The van der Waals surface area contributed by atoms with Crippen LogP contribution in [0.2, 0.25) is 0 Å². The largest absolute Gasteiger partial charge is 0.496 e. The summed E-state index contributed by atoms with van der Waals surface area (Å²) in [5, 5.41) is 3.07. The molecule has 2 aliphatic rings. The molecule has 1 unspecified atom stereocenters. The van der Waals surface area contributed by atoms with E-state index in [2.05, 4.69) is 5.32 Å². The maximum atomic E-state index is 13.8. The topological polar surface area (TPSA) is 88.2 Å². The second kappa shape index (κ2) is 11.0. The second-order valence-corrected chi connectivity index (χ2v) is 9.35. The highest BCUT2D eigenvalue weighted by atomic mass is 19.1. The summed E-state index contributed by atoms with van der Waals surface area (Å²) >= 11 is 0. The standard InChI is InChI=1S/C27H32FN3O5/c1-35-22-6-4-3-5-20(22)26(34)31-15-13-30(14-16-31)25(33)10-12-27(11-9-24(32)29-27)18-19-7-8-21(28)23(17-19)36-2/h3-8,17H,9-16,18H2,1-2H3,(H,29,32). The van der Waals surface area contributed by atoms with Gasteiger partial charge in [-0.3, -0.25) is 14.4 Å². The van der Waals surface area contributed by atoms with E-state index >= 15 is 0 Å². The molecule has 0 aromatic heterocycles. The Labute approximate surface area is 210 Å². The van der Waals surface area contributed by atoms with Crippen molar-refractivity contribution in [1.82, 2.24) is 15.1 Å². The quantitative estimate of drug-likeness (QED) is 0.606. The maximum Gasteiger partial charge on any atom is 0.257 e. The Kier molecular flexibility index (Phi) is 7.76. The number of halogens is 1. The average Bonchev–Trinajstić information content (AvgIpc) is 3.28. The summed E-state index contributed by atoms with van der Waals surface area (Å²) in [6, 6.07) is 11.8. The van der Waals surface area contributed by atoms with Gasteiger partial charge in [0, 0.05) is 44.6 Å². The van der Waals surface area contributed by atoms with E-state index < -0.39 is 11.4 Å². The Morgan fingerprint density at radius 1 is 1.00 bits per heavy atom. The number of rotatable bonds is 8. The number of hydrogen-bond acceptors (Lipinski definition) is 5. The number of amides is 3. The molecule has 2 aliphatic heterocycles. The van der Waals surface area contributed by atoms with E-state index in [1.54, 1.807) is 40.1 Å². The van der Waals surface area contributed by atoms with Crippen LogP contribution in [-0.2, 0) is 16.0 Å². The zero-order valence-electron chi connectivity index (χ0n) is 20.7. The van der Waals surface area contributed by atoms with E-state index in [0.29, 0.717) is 63.2 Å². The van der Waals surface area contributed by atoms with Crippen molar-refractivity contribution in [3.63, 3.8) is 0 Å². The van der Waals surface area contributed by atoms with Gasteiger partial charge in [0.1, 0.15) is 5.75 Å². The third kappa shape index (κ3) is 5.61. The van der Waals surface area contributed by atoms with Crippen molar-refractivity contribution in [1.29, 1.82) is 0 Å². The molecular formula is C27H32FN3O5. The highest BCUT2D eigenvalue weighted by Gasteiger charge is 2.38. The first-order chi connectivity index (χ1) is 17.3. The van der Waals surface area contributed by atoms with Crippen molar-refractivity contribution in [2.45, 2.75) is 37.6 Å². The van der Waals surface area contributed by atoms with Crippen LogP contribution >= 0.6 is 0 Å². The summed E-state index contributed by atoms with van der Waals surface area (Å²) in [6.45, 7) is 1.79. The average molecular weight is 498 g/mol. The second-order valence-electron chi connectivity index (χ2n) is 9.35. The molecule has 2 heterocycles. The summed E-state index contributed by atoms with van der Waals surface area (Å²) in [7, 11) is 2.95. The van der Waals surface area contributed by atoms with Gasteiger partial charge >= 0.3 is 0 Å². The number of nitrogens with zero attached hydrogens (tertiary/aromatic N) is 2. The number of ether oxygens (including phenoxy) is 2. The fourth-order valence-electron chi connectivity index (χ4n) is 5.04. The molecule has 36 heavy (non-hydrogen) atoms. The fraction of sp³-hybridized carbons (Fsp3) is 0.444. The Balaban J connectivity index is 1.34. The number of carbonyl (C=O) groups is 3. The molecule has 0 bridgehead atoms. The smallest absolute Gasteiger partial charge is 0.257 e. The van der Waals surface area contributed by atoms with Gasteiger partial charge in [-0.05, 0) is 49.1 Å². The lowest BCUT2D eigenvalue weighted by atomic mass is 9.84.